The number of carbonyl (C=O) groups is 2. The van der Waals surface area contributed by atoms with E-state index in [9.17, 15) is 36.3 Å². The van der Waals surface area contributed by atoms with Crippen LogP contribution in [0.1, 0.15) is 29.8 Å². The summed E-state index contributed by atoms with van der Waals surface area (Å²) >= 11 is 0. The summed E-state index contributed by atoms with van der Waals surface area (Å²) in [7, 11) is -2.48. The van der Waals surface area contributed by atoms with Crippen LogP contribution in [0.5, 0.6) is 5.75 Å². The molecular weight excluding hydrogens is 601 g/mol. The number of hydrogen-bond donors (Lipinski definition) is 3. The number of urea groups is 1. The van der Waals surface area contributed by atoms with Crippen LogP contribution in [0, 0.1) is 5.92 Å². The van der Waals surface area contributed by atoms with Crippen LogP contribution in [0.15, 0.2) is 77.7 Å². The van der Waals surface area contributed by atoms with Crippen molar-refractivity contribution in [2.75, 3.05) is 37.4 Å². The Kier molecular flexibility index (Phi) is 9.86. The van der Waals surface area contributed by atoms with Crippen molar-refractivity contribution in [3.8, 4) is 5.75 Å². The molecule has 0 unspecified atom stereocenters. The number of carbonyl (C=O) groups excluding carboxylic acids is 2. The standard InChI is InChI=1S/C30H33F3N4O6S/c1-19-16-37(20(2)18-38)28(39)24-10-7-11-25(35-29(40)34-22-14-12-21(13-15-22)30(31,32)33)27(24)43-26(19)17-36(3)44(41,42)23-8-5-4-6-9-23/h4-15,19-20,26,38H,16-18H2,1-3H3,(H2,34,35,40)/t19-,20+,26+/m1/s1. The highest BCUT2D eigenvalue weighted by Crippen LogP contribution is 2.35. The number of ether oxygens (including phenoxy) is 1. The zero-order valence-electron chi connectivity index (χ0n) is 24.2. The van der Waals surface area contributed by atoms with Crippen LogP contribution in [0.25, 0.3) is 0 Å². The normalized spacial score (nSPS) is 18.1. The molecule has 1 aliphatic rings. The second-order valence-corrected chi connectivity index (χ2v) is 12.6. The van der Waals surface area contributed by atoms with Gasteiger partial charge in [-0.3, -0.25) is 4.79 Å². The van der Waals surface area contributed by atoms with E-state index in [1.807, 2.05) is 0 Å². The molecule has 4 rings (SSSR count). The van der Waals surface area contributed by atoms with Crippen molar-refractivity contribution in [2.45, 2.75) is 37.1 Å². The van der Waals surface area contributed by atoms with Gasteiger partial charge >= 0.3 is 12.2 Å². The zero-order chi connectivity index (χ0) is 32.2. The predicted molar refractivity (Wildman–Crippen MR) is 158 cm³/mol. The highest BCUT2D eigenvalue weighted by molar-refractivity contribution is 7.89. The number of nitrogens with zero attached hydrogens (tertiary/aromatic N) is 2. The van der Waals surface area contributed by atoms with Gasteiger partial charge in [0.05, 0.1) is 40.9 Å². The molecule has 0 fully saturated rings. The molecule has 3 amide bonds. The fraction of sp³-hybridized carbons (Fsp3) is 0.333. The Morgan fingerprint density at radius 2 is 1.73 bits per heavy atom. The summed E-state index contributed by atoms with van der Waals surface area (Å²) in [5, 5.41) is 14.9. The molecule has 3 aromatic rings. The van der Waals surface area contributed by atoms with Gasteiger partial charge in [-0.05, 0) is 55.5 Å². The quantitative estimate of drug-likeness (QED) is 0.324. The van der Waals surface area contributed by atoms with Crippen molar-refractivity contribution in [1.29, 1.82) is 0 Å². The first-order chi connectivity index (χ1) is 20.7. The lowest BCUT2D eigenvalue weighted by Crippen LogP contribution is -2.50. The number of likely N-dealkylation sites (N-methyl/N-ethyl adjacent to an activating group) is 1. The van der Waals surface area contributed by atoms with Crippen LogP contribution in [-0.4, -0.2) is 73.6 Å². The average Bonchev–Trinajstić information content (AvgIpc) is 2.99. The van der Waals surface area contributed by atoms with E-state index in [1.54, 1.807) is 32.0 Å². The first-order valence-corrected chi connectivity index (χ1v) is 15.1. The summed E-state index contributed by atoms with van der Waals surface area (Å²) in [6, 6.07) is 14.8. The van der Waals surface area contributed by atoms with E-state index in [-0.39, 0.29) is 47.3 Å². The lowest BCUT2D eigenvalue weighted by molar-refractivity contribution is -0.137. The third-order valence-electron chi connectivity index (χ3n) is 7.30. The van der Waals surface area contributed by atoms with Gasteiger partial charge < -0.3 is 25.4 Å². The van der Waals surface area contributed by atoms with Gasteiger partial charge in [0.25, 0.3) is 5.91 Å². The smallest absolute Gasteiger partial charge is 0.416 e. The number of benzene rings is 3. The lowest BCUT2D eigenvalue weighted by atomic mass is 9.99. The van der Waals surface area contributed by atoms with E-state index >= 15 is 0 Å². The molecule has 0 spiro atoms. The molecule has 1 aliphatic heterocycles. The fourth-order valence-electron chi connectivity index (χ4n) is 4.71. The third kappa shape index (κ3) is 7.31. The maximum Gasteiger partial charge on any atom is 0.416 e. The lowest BCUT2D eigenvalue weighted by Gasteiger charge is -2.38. The maximum atomic E-state index is 13.7. The van der Waals surface area contributed by atoms with Crippen LogP contribution >= 0.6 is 0 Å². The van der Waals surface area contributed by atoms with Gasteiger partial charge in [-0.25, -0.2) is 13.2 Å². The van der Waals surface area contributed by atoms with Gasteiger partial charge in [-0.2, -0.15) is 17.5 Å². The minimum Gasteiger partial charge on any atom is -0.486 e. The van der Waals surface area contributed by atoms with Gasteiger partial charge in [0, 0.05) is 25.2 Å². The summed E-state index contributed by atoms with van der Waals surface area (Å²) < 4.78 is 72.8. The molecule has 0 aliphatic carbocycles. The molecule has 236 valence electrons. The molecule has 1 heterocycles. The summed E-state index contributed by atoms with van der Waals surface area (Å²) in [4.78, 5) is 28.1. The second-order valence-electron chi connectivity index (χ2n) is 10.6. The van der Waals surface area contributed by atoms with Crippen molar-refractivity contribution < 1.29 is 41.0 Å². The van der Waals surface area contributed by atoms with Crippen molar-refractivity contribution in [3.63, 3.8) is 0 Å². The Balaban J connectivity index is 1.65. The fourth-order valence-corrected chi connectivity index (χ4v) is 5.91. The number of alkyl halides is 3. The molecule has 10 nitrogen and oxygen atoms in total. The van der Waals surface area contributed by atoms with Crippen molar-refractivity contribution >= 4 is 33.3 Å². The molecule has 0 aromatic heterocycles. The van der Waals surface area contributed by atoms with Crippen LogP contribution in [0.4, 0.5) is 29.3 Å². The van der Waals surface area contributed by atoms with Crippen LogP contribution in [-0.2, 0) is 16.2 Å². The largest absolute Gasteiger partial charge is 0.486 e. The molecular formula is C30H33F3N4O6S. The molecule has 0 saturated heterocycles. The molecule has 3 aromatic carbocycles. The van der Waals surface area contributed by atoms with Gasteiger partial charge in [0.15, 0.2) is 5.75 Å². The Hall–Kier alpha value is -4.14. The summed E-state index contributed by atoms with van der Waals surface area (Å²) in [6.07, 6.45) is -5.34. The van der Waals surface area contributed by atoms with E-state index < -0.39 is 51.8 Å². The minimum absolute atomic E-state index is 0.0164. The highest BCUT2D eigenvalue weighted by atomic mass is 32.2. The van der Waals surface area contributed by atoms with Gasteiger partial charge in [-0.15, -0.1) is 0 Å². The minimum atomic E-state index is -4.53. The molecule has 3 N–H and O–H groups in total. The van der Waals surface area contributed by atoms with Gasteiger partial charge in [-0.1, -0.05) is 31.2 Å². The van der Waals surface area contributed by atoms with E-state index in [4.69, 9.17) is 4.74 Å². The highest BCUT2D eigenvalue weighted by Gasteiger charge is 2.36. The Bertz CT molecular complexity index is 1590. The van der Waals surface area contributed by atoms with E-state index in [2.05, 4.69) is 10.6 Å². The number of aliphatic hydroxyl groups excluding tert-OH is 1. The molecule has 0 bridgehead atoms. The number of sulfonamides is 1. The van der Waals surface area contributed by atoms with Crippen molar-refractivity contribution in [1.82, 2.24) is 9.21 Å². The monoisotopic (exact) mass is 634 g/mol. The van der Waals surface area contributed by atoms with Gasteiger partial charge in [0.1, 0.15) is 6.10 Å². The van der Waals surface area contributed by atoms with Crippen LogP contribution in [0.3, 0.4) is 0 Å². The number of nitrogens with one attached hydrogen (secondary N) is 2. The van der Waals surface area contributed by atoms with Gasteiger partial charge in [0.2, 0.25) is 10.0 Å². The maximum absolute atomic E-state index is 13.7. The summed E-state index contributed by atoms with van der Waals surface area (Å²) in [5.41, 5.74) is -0.637. The number of aliphatic hydroxyl groups is 1. The zero-order valence-corrected chi connectivity index (χ0v) is 25.0. The van der Waals surface area contributed by atoms with E-state index in [1.165, 1.54) is 42.3 Å². The second kappa shape index (κ2) is 13.2. The Morgan fingerprint density at radius 3 is 2.34 bits per heavy atom. The first kappa shape index (κ1) is 32.8. The molecule has 0 saturated carbocycles. The number of anilines is 2. The molecule has 44 heavy (non-hydrogen) atoms. The predicted octanol–water partition coefficient (Wildman–Crippen LogP) is 4.89. The number of rotatable bonds is 8. The Labute approximate surface area is 253 Å². The number of hydrogen-bond acceptors (Lipinski definition) is 6. The SMILES string of the molecule is C[C@@H]1CN([C@@H](C)CO)C(=O)c2cccc(NC(=O)Nc3ccc(C(F)(F)F)cc3)c2O[C@H]1CN(C)S(=O)(=O)c1ccccc1. The number of fused-ring (bicyclic) bond motifs is 1. The summed E-state index contributed by atoms with van der Waals surface area (Å²) in [6.45, 7) is 3.17. The average molecular weight is 635 g/mol. The van der Waals surface area contributed by atoms with E-state index in [0.29, 0.717) is 0 Å². The van der Waals surface area contributed by atoms with Crippen LogP contribution in [0.2, 0.25) is 0 Å². The number of halogens is 3. The Morgan fingerprint density at radius 1 is 1.07 bits per heavy atom. The van der Waals surface area contributed by atoms with Crippen LogP contribution < -0.4 is 15.4 Å². The first-order valence-electron chi connectivity index (χ1n) is 13.7. The molecule has 3 atom stereocenters. The van der Waals surface area contributed by atoms with Crippen molar-refractivity contribution in [3.05, 3.63) is 83.9 Å². The topological polar surface area (TPSA) is 128 Å². The summed E-state index contributed by atoms with van der Waals surface area (Å²) in [5.74, 6) is -0.912. The molecule has 14 heteroatoms. The van der Waals surface area contributed by atoms with Crippen molar-refractivity contribution in [2.24, 2.45) is 5.92 Å². The third-order valence-corrected chi connectivity index (χ3v) is 9.14. The number of para-hydroxylation sites is 1. The molecule has 0 radical (unpaired) electrons. The number of amides is 3. The van der Waals surface area contributed by atoms with E-state index in [0.717, 1.165) is 28.6 Å².